The van der Waals surface area contributed by atoms with Crippen molar-refractivity contribution in [2.45, 2.75) is 18.9 Å². The fourth-order valence-electron chi connectivity index (χ4n) is 2.37. The molecule has 0 saturated carbocycles. The second kappa shape index (κ2) is 7.86. The van der Waals surface area contributed by atoms with Crippen LogP contribution in [0.15, 0.2) is 48.5 Å². The van der Waals surface area contributed by atoms with E-state index >= 15 is 0 Å². The fourth-order valence-corrected chi connectivity index (χ4v) is 2.37. The Morgan fingerprint density at radius 3 is 2.29 bits per heavy atom. The summed E-state index contributed by atoms with van der Waals surface area (Å²) in [5.74, 6) is -0.960. The molecule has 2 aromatic rings. The molecule has 0 spiro atoms. The predicted octanol–water partition coefficient (Wildman–Crippen LogP) is 3.22. The molecule has 4 heteroatoms. The maximum Gasteiger partial charge on any atom is 0.126 e. The summed E-state index contributed by atoms with van der Waals surface area (Å²) in [6.07, 6.45) is 0.647. The maximum atomic E-state index is 13.1. The zero-order valence-corrected chi connectivity index (χ0v) is 11.7. The molecule has 0 aliphatic carbocycles. The largest absolute Gasteiger partial charge is 0.396 e. The topological polar surface area (TPSA) is 32.3 Å². The summed E-state index contributed by atoms with van der Waals surface area (Å²) in [5, 5.41) is 12.4. The fraction of sp³-hybridized carbons (Fsp3) is 0.294. The molecular weight excluding hydrogens is 272 g/mol. The lowest BCUT2D eigenvalue weighted by molar-refractivity contribution is 0.273. The highest BCUT2D eigenvalue weighted by molar-refractivity contribution is 5.20. The molecule has 0 fully saturated rings. The molecule has 1 atom stereocenters. The van der Waals surface area contributed by atoms with E-state index in [-0.39, 0.29) is 12.5 Å². The van der Waals surface area contributed by atoms with Gasteiger partial charge >= 0.3 is 0 Å². The summed E-state index contributed by atoms with van der Waals surface area (Å²) < 4.78 is 26.2. The van der Waals surface area contributed by atoms with Crippen molar-refractivity contribution in [1.29, 1.82) is 0 Å². The summed E-state index contributed by atoms with van der Waals surface area (Å²) >= 11 is 0. The lowest BCUT2D eigenvalue weighted by atomic mass is 9.96. The zero-order chi connectivity index (χ0) is 15.1. The van der Waals surface area contributed by atoms with Crippen molar-refractivity contribution in [2.24, 2.45) is 0 Å². The second-order valence-electron chi connectivity index (χ2n) is 5.03. The zero-order valence-electron chi connectivity index (χ0n) is 11.7. The van der Waals surface area contributed by atoms with Crippen molar-refractivity contribution in [3.63, 3.8) is 0 Å². The van der Waals surface area contributed by atoms with Crippen LogP contribution in [0.1, 0.15) is 23.5 Å². The molecule has 2 rings (SSSR count). The quantitative estimate of drug-likeness (QED) is 0.821. The highest BCUT2D eigenvalue weighted by Crippen LogP contribution is 2.18. The first-order valence-corrected chi connectivity index (χ1v) is 7.00. The van der Waals surface area contributed by atoms with Gasteiger partial charge in [0.15, 0.2) is 0 Å². The van der Waals surface area contributed by atoms with E-state index in [0.29, 0.717) is 25.1 Å². The Morgan fingerprint density at radius 1 is 1.00 bits per heavy atom. The van der Waals surface area contributed by atoms with Gasteiger partial charge in [0.1, 0.15) is 11.6 Å². The summed E-state index contributed by atoms with van der Waals surface area (Å²) in [7, 11) is 0. The minimum Gasteiger partial charge on any atom is -0.396 e. The molecule has 0 aliphatic rings. The van der Waals surface area contributed by atoms with Crippen LogP contribution in [0.25, 0.3) is 0 Å². The van der Waals surface area contributed by atoms with E-state index in [4.69, 9.17) is 5.11 Å². The highest BCUT2D eigenvalue weighted by Gasteiger charge is 2.10. The highest BCUT2D eigenvalue weighted by atomic mass is 19.1. The van der Waals surface area contributed by atoms with Gasteiger partial charge in [-0.3, -0.25) is 0 Å². The van der Waals surface area contributed by atoms with Crippen LogP contribution in [0.3, 0.4) is 0 Å². The van der Waals surface area contributed by atoms with Crippen molar-refractivity contribution in [2.75, 3.05) is 13.2 Å². The number of aliphatic hydroxyl groups excluding tert-OH is 1. The molecule has 0 heterocycles. The van der Waals surface area contributed by atoms with Crippen molar-refractivity contribution >= 4 is 0 Å². The molecule has 112 valence electrons. The van der Waals surface area contributed by atoms with E-state index in [0.717, 1.165) is 11.6 Å². The molecule has 0 amide bonds. The third kappa shape index (κ3) is 4.92. The number of rotatable bonds is 7. The van der Waals surface area contributed by atoms with Crippen molar-refractivity contribution in [1.82, 2.24) is 5.32 Å². The Balaban J connectivity index is 1.93. The van der Waals surface area contributed by atoms with Gasteiger partial charge in [-0.05, 0) is 35.6 Å². The number of aliphatic hydroxyl groups is 1. The Morgan fingerprint density at radius 2 is 1.67 bits per heavy atom. The standard InChI is InChI=1S/C17H19F2NO/c18-16-8-13(9-17(19)10-16)11-20-12-15(6-7-21)14-4-2-1-3-5-14/h1-5,8-10,15,20-21H,6-7,11-12H2. The van der Waals surface area contributed by atoms with Crippen LogP contribution in [-0.2, 0) is 6.54 Å². The average Bonchev–Trinajstić information content (AvgIpc) is 2.46. The van der Waals surface area contributed by atoms with Crippen LogP contribution >= 0.6 is 0 Å². The van der Waals surface area contributed by atoms with Gasteiger partial charge in [0, 0.05) is 25.8 Å². The van der Waals surface area contributed by atoms with Crippen LogP contribution in [-0.4, -0.2) is 18.3 Å². The van der Waals surface area contributed by atoms with Crippen LogP contribution in [0.4, 0.5) is 8.78 Å². The lowest BCUT2D eigenvalue weighted by Gasteiger charge is -2.17. The predicted molar refractivity (Wildman–Crippen MR) is 79.0 cm³/mol. The van der Waals surface area contributed by atoms with E-state index in [9.17, 15) is 8.78 Å². The van der Waals surface area contributed by atoms with Gasteiger partial charge in [-0.15, -0.1) is 0 Å². The summed E-state index contributed by atoms with van der Waals surface area (Å²) in [5.41, 5.74) is 1.72. The first-order valence-electron chi connectivity index (χ1n) is 7.00. The number of nitrogens with one attached hydrogen (secondary N) is 1. The molecular formula is C17H19F2NO. The van der Waals surface area contributed by atoms with Crippen molar-refractivity contribution in [3.05, 3.63) is 71.3 Å². The Bertz CT molecular complexity index is 540. The van der Waals surface area contributed by atoms with Crippen LogP contribution in [0.5, 0.6) is 0 Å². The maximum absolute atomic E-state index is 13.1. The van der Waals surface area contributed by atoms with Gasteiger partial charge in [0.2, 0.25) is 0 Å². The normalized spacial score (nSPS) is 12.3. The van der Waals surface area contributed by atoms with Crippen LogP contribution in [0.2, 0.25) is 0 Å². The van der Waals surface area contributed by atoms with Gasteiger partial charge < -0.3 is 10.4 Å². The van der Waals surface area contributed by atoms with E-state index in [1.54, 1.807) is 0 Å². The first kappa shape index (κ1) is 15.6. The van der Waals surface area contributed by atoms with Crippen LogP contribution in [0, 0.1) is 11.6 Å². The molecule has 0 aromatic heterocycles. The van der Waals surface area contributed by atoms with Crippen molar-refractivity contribution in [3.8, 4) is 0 Å². The molecule has 0 radical (unpaired) electrons. The minimum absolute atomic E-state index is 0.107. The van der Waals surface area contributed by atoms with Gasteiger partial charge in [0.25, 0.3) is 0 Å². The molecule has 2 N–H and O–H groups in total. The van der Waals surface area contributed by atoms with Gasteiger partial charge in [0.05, 0.1) is 0 Å². The smallest absolute Gasteiger partial charge is 0.126 e. The number of benzene rings is 2. The molecule has 2 nitrogen and oxygen atoms in total. The third-order valence-electron chi connectivity index (χ3n) is 3.39. The van der Waals surface area contributed by atoms with Gasteiger partial charge in [-0.1, -0.05) is 30.3 Å². The Labute approximate surface area is 123 Å². The van der Waals surface area contributed by atoms with E-state index < -0.39 is 11.6 Å². The summed E-state index contributed by atoms with van der Waals surface area (Å²) in [6, 6.07) is 13.4. The SMILES string of the molecule is OCCC(CNCc1cc(F)cc(F)c1)c1ccccc1. The summed E-state index contributed by atoms with van der Waals surface area (Å²) in [6.45, 7) is 1.14. The Kier molecular flexibility index (Phi) is 5.84. The summed E-state index contributed by atoms with van der Waals surface area (Å²) in [4.78, 5) is 0. The average molecular weight is 291 g/mol. The monoisotopic (exact) mass is 291 g/mol. The van der Waals surface area contributed by atoms with E-state index in [1.807, 2.05) is 30.3 Å². The van der Waals surface area contributed by atoms with Crippen molar-refractivity contribution < 1.29 is 13.9 Å². The minimum atomic E-state index is -0.568. The molecule has 0 bridgehead atoms. The second-order valence-corrected chi connectivity index (χ2v) is 5.03. The number of hydrogen-bond donors (Lipinski definition) is 2. The van der Waals surface area contributed by atoms with E-state index in [1.165, 1.54) is 12.1 Å². The molecule has 1 unspecified atom stereocenters. The Hall–Kier alpha value is -1.78. The lowest BCUT2D eigenvalue weighted by Crippen LogP contribution is -2.22. The first-order chi connectivity index (χ1) is 10.2. The molecule has 0 saturated heterocycles. The molecule has 21 heavy (non-hydrogen) atoms. The van der Waals surface area contributed by atoms with Gasteiger partial charge in [-0.25, -0.2) is 8.78 Å². The third-order valence-corrected chi connectivity index (χ3v) is 3.39. The number of hydrogen-bond acceptors (Lipinski definition) is 2. The van der Waals surface area contributed by atoms with Gasteiger partial charge in [-0.2, -0.15) is 0 Å². The van der Waals surface area contributed by atoms with E-state index in [2.05, 4.69) is 5.32 Å². The number of halogens is 2. The molecule has 0 aliphatic heterocycles. The van der Waals surface area contributed by atoms with Crippen LogP contribution < -0.4 is 5.32 Å². The molecule has 2 aromatic carbocycles.